The molecule has 0 heterocycles. The van der Waals surface area contributed by atoms with Gasteiger partial charge in [0.2, 0.25) is 5.91 Å². The molecule has 0 bridgehead atoms. The summed E-state index contributed by atoms with van der Waals surface area (Å²) in [5, 5.41) is 6.12. The third-order valence-electron chi connectivity index (χ3n) is 3.49. The molecule has 0 radical (unpaired) electrons. The fourth-order valence-electron chi connectivity index (χ4n) is 2.17. The Morgan fingerprint density at radius 3 is 2.46 bits per heavy atom. The third kappa shape index (κ3) is 6.98. The van der Waals surface area contributed by atoms with Gasteiger partial charge in [0.05, 0.1) is 0 Å². The maximum absolute atomic E-state index is 12.5. The zero-order valence-electron chi connectivity index (χ0n) is 14.4. The highest BCUT2D eigenvalue weighted by atomic mass is 35.5. The Balaban J connectivity index is 1.91. The molecule has 2 N–H and O–H groups in total. The minimum absolute atomic E-state index is 0.145. The van der Waals surface area contributed by atoms with Gasteiger partial charge in [0.1, 0.15) is 11.8 Å². The summed E-state index contributed by atoms with van der Waals surface area (Å²) in [4.78, 5) is 24.7. The van der Waals surface area contributed by atoms with E-state index >= 15 is 0 Å². The SMILES string of the molecule is CSCC[C@@H](NC(=O)COc1ccccc1)C(=O)Nc1ccc(Cl)cc1. The van der Waals surface area contributed by atoms with Gasteiger partial charge < -0.3 is 15.4 Å². The summed E-state index contributed by atoms with van der Waals surface area (Å²) in [6.07, 6.45) is 2.48. The van der Waals surface area contributed by atoms with Crippen LogP contribution in [-0.2, 0) is 9.59 Å². The van der Waals surface area contributed by atoms with Crippen LogP contribution >= 0.6 is 23.4 Å². The van der Waals surface area contributed by atoms with E-state index in [0.29, 0.717) is 22.9 Å². The molecule has 0 saturated heterocycles. The predicted molar refractivity (Wildman–Crippen MR) is 107 cm³/mol. The average Bonchev–Trinajstić information content (AvgIpc) is 2.66. The van der Waals surface area contributed by atoms with Crippen molar-refractivity contribution in [3.05, 3.63) is 59.6 Å². The van der Waals surface area contributed by atoms with E-state index < -0.39 is 6.04 Å². The van der Waals surface area contributed by atoms with Crippen LogP contribution in [0.5, 0.6) is 5.75 Å². The smallest absolute Gasteiger partial charge is 0.258 e. The number of para-hydroxylation sites is 1. The molecule has 0 fully saturated rings. The summed E-state index contributed by atoms with van der Waals surface area (Å²) in [5.74, 6) is 0.744. The molecule has 2 amide bonds. The van der Waals surface area contributed by atoms with Gasteiger partial charge in [0.15, 0.2) is 6.61 Å². The number of amides is 2. The molecule has 138 valence electrons. The molecule has 2 aromatic carbocycles. The molecular weight excluding hydrogens is 372 g/mol. The van der Waals surface area contributed by atoms with Crippen LogP contribution in [0.3, 0.4) is 0 Å². The minimum Gasteiger partial charge on any atom is -0.484 e. The van der Waals surface area contributed by atoms with E-state index in [9.17, 15) is 9.59 Å². The Kier molecular flexibility index (Phi) is 8.31. The van der Waals surface area contributed by atoms with Crippen LogP contribution in [0, 0.1) is 0 Å². The summed E-state index contributed by atoms with van der Waals surface area (Å²) >= 11 is 7.46. The van der Waals surface area contributed by atoms with Gasteiger partial charge in [0.25, 0.3) is 5.91 Å². The second kappa shape index (κ2) is 10.7. The van der Waals surface area contributed by atoms with E-state index in [-0.39, 0.29) is 18.4 Å². The van der Waals surface area contributed by atoms with E-state index in [1.807, 2.05) is 24.5 Å². The molecule has 5 nitrogen and oxygen atoms in total. The van der Waals surface area contributed by atoms with Gasteiger partial charge in [0, 0.05) is 10.7 Å². The van der Waals surface area contributed by atoms with Crippen molar-refractivity contribution in [2.24, 2.45) is 0 Å². The fourth-order valence-corrected chi connectivity index (χ4v) is 2.77. The van der Waals surface area contributed by atoms with Gasteiger partial charge in [-0.2, -0.15) is 11.8 Å². The van der Waals surface area contributed by atoms with Gasteiger partial charge in [-0.3, -0.25) is 9.59 Å². The Morgan fingerprint density at radius 1 is 1.12 bits per heavy atom. The number of halogens is 1. The van der Waals surface area contributed by atoms with E-state index in [1.165, 1.54) is 0 Å². The quantitative estimate of drug-likeness (QED) is 0.684. The molecule has 0 spiro atoms. The van der Waals surface area contributed by atoms with Crippen molar-refractivity contribution in [2.75, 3.05) is 23.9 Å². The highest BCUT2D eigenvalue weighted by Gasteiger charge is 2.20. The lowest BCUT2D eigenvalue weighted by Gasteiger charge is -2.18. The first-order valence-corrected chi connectivity index (χ1v) is 9.88. The zero-order valence-corrected chi connectivity index (χ0v) is 16.0. The third-order valence-corrected chi connectivity index (χ3v) is 4.38. The summed E-state index contributed by atoms with van der Waals surface area (Å²) in [7, 11) is 0. The Morgan fingerprint density at radius 2 is 1.81 bits per heavy atom. The number of anilines is 1. The molecule has 0 unspecified atom stereocenters. The Hall–Kier alpha value is -2.18. The maximum atomic E-state index is 12.5. The fraction of sp³-hybridized carbons (Fsp3) is 0.263. The summed E-state index contributed by atoms with van der Waals surface area (Å²) < 4.78 is 5.42. The van der Waals surface area contributed by atoms with Crippen molar-refractivity contribution in [3.63, 3.8) is 0 Å². The van der Waals surface area contributed by atoms with Crippen molar-refractivity contribution in [3.8, 4) is 5.75 Å². The Labute approximate surface area is 162 Å². The van der Waals surface area contributed by atoms with Crippen molar-refractivity contribution in [1.29, 1.82) is 0 Å². The Bertz CT molecular complexity index is 710. The van der Waals surface area contributed by atoms with Gasteiger partial charge in [-0.15, -0.1) is 0 Å². The second-order valence-electron chi connectivity index (χ2n) is 5.50. The normalized spacial score (nSPS) is 11.5. The van der Waals surface area contributed by atoms with Gasteiger partial charge >= 0.3 is 0 Å². The summed E-state index contributed by atoms with van der Waals surface area (Å²) in [5.41, 5.74) is 0.628. The maximum Gasteiger partial charge on any atom is 0.258 e. The lowest BCUT2D eigenvalue weighted by atomic mass is 10.2. The van der Waals surface area contributed by atoms with Crippen molar-refractivity contribution in [2.45, 2.75) is 12.5 Å². The van der Waals surface area contributed by atoms with E-state index in [1.54, 1.807) is 48.2 Å². The molecule has 1 atom stereocenters. The van der Waals surface area contributed by atoms with Crippen molar-refractivity contribution >= 4 is 40.9 Å². The number of benzene rings is 2. The standard InChI is InChI=1S/C19H21ClN2O3S/c1-26-12-11-17(19(24)21-15-9-7-14(20)8-10-15)22-18(23)13-25-16-5-3-2-4-6-16/h2-10,17H,11-13H2,1H3,(H,21,24)(H,22,23)/t17-/m1/s1. The van der Waals surface area contributed by atoms with Crippen LogP contribution in [0.15, 0.2) is 54.6 Å². The van der Waals surface area contributed by atoms with Crippen LogP contribution < -0.4 is 15.4 Å². The minimum atomic E-state index is -0.634. The van der Waals surface area contributed by atoms with Gasteiger partial charge in [-0.1, -0.05) is 29.8 Å². The molecular formula is C19H21ClN2O3S. The molecule has 26 heavy (non-hydrogen) atoms. The van der Waals surface area contributed by atoms with Gasteiger partial charge in [-0.25, -0.2) is 0 Å². The number of thioether (sulfide) groups is 1. The lowest BCUT2D eigenvalue weighted by molar-refractivity contribution is -0.127. The second-order valence-corrected chi connectivity index (χ2v) is 6.92. The van der Waals surface area contributed by atoms with Crippen LogP contribution in [-0.4, -0.2) is 36.5 Å². The molecule has 2 aromatic rings. The number of carbonyl (C=O) groups excluding carboxylic acids is 2. The first-order chi connectivity index (χ1) is 12.6. The average molecular weight is 393 g/mol. The van der Waals surface area contributed by atoms with Crippen molar-refractivity contribution in [1.82, 2.24) is 5.32 Å². The number of rotatable bonds is 9. The van der Waals surface area contributed by atoms with Crippen LogP contribution in [0.25, 0.3) is 0 Å². The van der Waals surface area contributed by atoms with Crippen LogP contribution in [0.4, 0.5) is 5.69 Å². The molecule has 0 aromatic heterocycles. The largest absolute Gasteiger partial charge is 0.484 e. The number of hydrogen-bond donors (Lipinski definition) is 2. The van der Waals surface area contributed by atoms with E-state index in [2.05, 4.69) is 10.6 Å². The highest BCUT2D eigenvalue weighted by Crippen LogP contribution is 2.14. The number of carbonyl (C=O) groups is 2. The predicted octanol–water partition coefficient (Wildman–Crippen LogP) is 3.60. The molecule has 2 rings (SSSR count). The molecule has 0 saturated carbocycles. The van der Waals surface area contributed by atoms with Crippen LogP contribution in [0.2, 0.25) is 5.02 Å². The van der Waals surface area contributed by atoms with Crippen LogP contribution in [0.1, 0.15) is 6.42 Å². The number of nitrogens with one attached hydrogen (secondary N) is 2. The van der Waals surface area contributed by atoms with E-state index in [4.69, 9.17) is 16.3 Å². The van der Waals surface area contributed by atoms with Crippen molar-refractivity contribution < 1.29 is 14.3 Å². The molecule has 0 aliphatic carbocycles. The van der Waals surface area contributed by atoms with Gasteiger partial charge in [-0.05, 0) is 54.8 Å². The first-order valence-electron chi connectivity index (χ1n) is 8.11. The highest BCUT2D eigenvalue weighted by molar-refractivity contribution is 7.98. The topological polar surface area (TPSA) is 67.4 Å². The summed E-state index contributed by atoms with van der Waals surface area (Å²) in [6.45, 7) is -0.145. The number of ether oxygens (including phenoxy) is 1. The zero-order chi connectivity index (χ0) is 18.8. The van der Waals surface area contributed by atoms with E-state index in [0.717, 1.165) is 5.75 Å². The molecule has 0 aliphatic rings. The number of hydrogen-bond acceptors (Lipinski definition) is 4. The molecule has 0 aliphatic heterocycles. The first kappa shape index (κ1) is 20.1. The monoisotopic (exact) mass is 392 g/mol. The summed E-state index contributed by atoms with van der Waals surface area (Å²) in [6, 6.07) is 15.2. The molecule has 7 heteroatoms. The lowest BCUT2D eigenvalue weighted by Crippen LogP contribution is -2.45.